The van der Waals surface area contributed by atoms with Crippen molar-refractivity contribution in [2.24, 2.45) is 0 Å². The van der Waals surface area contributed by atoms with Gasteiger partial charge in [0.15, 0.2) is 10.9 Å². The number of hydrogen-bond donors (Lipinski definition) is 1. The van der Waals surface area contributed by atoms with E-state index in [0.29, 0.717) is 22.7 Å². The highest BCUT2D eigenvalue weighted by atomic mass is 35.5. The molecule has 4 nitrogen and oxygen atoms in total. The Kier molecular flexibility index (Phi) is 6.14. The van der Waals surface area contributed by atoms with Crippen LogP contribution in [0.25, 0.3) is 11.3 Å². The summed E-state index contributed by atoms with van der Waals surface area (Å²) in [6, 6.07) is 11.8. The Morgan fingerprint density at radius 1 is 1.06 bits per heavy atom. The summed E-state index contributed by atoms with van der Waals surface area (Å²) in [5, 5.41) is 3.14. The SMILES string of the molecule is O=C(CSc1nc2c(c(C(F)(F)F)n1)CCc1ccccc1-2)Nc1ccc(Cl)c(Cl)c1. The van der Waals surface area contributed by atoms with Crippen LogP contribution in [0.2, 0.25) is 10.0 Å². The van der Waals surface area contributed by atoms with Gasteiger partial charge >= 0.3 is 6.18 Å². The molecule has 0 aliphatic heterocycles. The van der Waals surface area contributed by atoms with Crippen LogP contribution in [0, 0.1) is 0 Å². The molecular formula is C21H14Cl2F3N3OS. The van der Waals surface area contributed by atoms with Crippen molar-refractivity contribution in [3.63, 3.8) is 0 Å². The first-order chi connectivity index (χ1) is 14.7. The van der Waals surface area contributed by atoms with Crippen molar-refractivity contribution in [1.82, 2.24) is 9.97 Å². The van der Waals surface area contributed by atoms with Crippen LogP contribution in [-0.2, 0) is 23.8 Å². The van der Waals surface area contributed by atoms with Gasteiger partial charge in [0, 0.05) is 16.8 Å². The Morgan fingerprint density at radius 3 is 2.58 bits per heavy atom. The predicted octanol–water partition coefficient (Wildman–Crippen LogP) is 6.30. The Bertz CT molecular complexity index is 1170. The Balaban J connectivity index is 1.59. The molecule has 3 aromatic rings. The van der Waals surface area contributed by atoms with Gasteiger partial charge < -0.3 is 5.32 Å². The molecule has 1 heterocycles. The number of nitrogens with zero attached hydrogens (tertiary/aromatic N) is 2. The molecule has 2 aromatic carbocycles. The van der Waals surface area contributed by atoms with Crippen molar-refractivity contribution in [2.45, 2.75) is 24.2 Å². The minimum absolute atomic E-state index is 0.0933. The molecule has 10 heteroatoms. The van der Waals surface area contributed by atoms with E-state index in [9.17, 15) is 18.0 Å². The van der Waals surface area contributed by atoms with Gasteiger partial charge in [-0.05, 0) is 36.6 Å². The summed E-state index contributed by atoms with van der Waals surface area (Å²) in [7, 11) is 0. The van der Waals surface area contributed by atoms with Crippen molar-refractivity contribution in [3.8, 4) is 11.3 Å². The third kappa shape index (κ3) is 4.81. The van der Waals surface area contributed by atoms with Gasteiger partial charge in [-0.2, -0.15) is 13.2 Å². The van der Waals surface area contributed by atoms with E-state index in [-0.39, 0.29) is 33.6 Å². The molecule has 1 aliphatic rings. The highest BCUT2D eigenvalue weighted by molar-refractivity contribution is 7.99. The summed E-state index contributed by atoms with van der Waals surface area (Å²) in [4.78, 5) is 20.4. The number of fused-ring (bicyclic) bond motifs is 3. The standard InChI is InChI=1S/C21H14Cl2F3N3OS/c22-15-8-6-12(9-16(15)23)27-17(30)10-31-20-28-18-13-4-2-1-3-11(13)5-7-14(18)19(29-20)21(24,25)26/h1-4,6,8-9H,5,7,10H2,(H,27,30). The van der Waals surface area contributed by atoms with E-state index >= 15 is 0 Å². The van der Waals surface area contributed by atoms with Crippen LogP contribution in [0.5, 0.6) is 0 Å². The fourth-order valence-corrected chi connectivity index (χ4v) is 4.29. The largest absolute Gasteiger partial charge is 0.433 e. The van der Waals surface area contributed by atoms with Gasteiger partial charge in [0.05, 0.1) is 21.5 Å². The lowest BCUT2D eigenvalue weighted by atomic mass is 9.88. The number of alkyl halides is 3. The van der Waals surface area contributed by atoms with E-state index in [1.807, 2.05) is 12.1 Å². The molecule has 0 unspecified atom stereocenters. The number of carbonyl (C=O) groups excluding carboxylic acids is 1. The fraction of sp³-hybridized carbons (Fsp3) is 0.190. The van der Waals surface area contributed by atoms with Crippen LogP contribution >= 0.6 is 35.0 Å². The highest BCUT2D eigenvalue weighted by Gasteiger charge is 2.38. The summed E-state index contributed by atoms with van der Waals surface area (Å²) in [6.45, 7) is 0. The van der Waals surface area contributed by atoms with E-state index in [0.717, 1.165) is 17.3 Å². The second-order valence-corrected chi connectivity index (χ2v) is 8.56. The van der Waals surface area contributed by atoms with Crippen molar-refractivity contribution in [2.75, 3.05) is 11.1 Å². The molecule has 0 saturated heterocycles. The number of rotatable bonds is 4. The molecule has 0 fully saturated rings. The second kappa shape index (κ2) is 8.68. The number of halogens is 5. The number of anilines is 1. The number of benzene rings is 2. The molecular weight excluding hydrogens is 470 g/mol. The fourth-order valence-electron chi connectivity index (χ4n) is 3.35. The van der Waals surface area contributed by atoms with Crippen LogP contribution in [0.1, 0.15) is 16.8 Å². The summed E-state index contributed by atoms with van der Waals surface area (Å²) < 4.78 is 41.1. The number of nitrogens with one attached hydrogen (secondary N) is 1. The maximum absolute atomic E-state index is 13.7. The molecule has 0 bridgehead atoms. The Hall–Kier alpha value is -2.29. The van der Waals surface area contributed by atoms with Gasteiger partial charge in [0.25, 0.3) is 0 Å². The van der Waals surface area contributed by atoms with Gasteiger partial charge in [-0.1, -0.05) is 59.2 Å². The van der Waals surface area contributed by atoms with Crippen molar-refractivity contribution < 1.29 is 18.0 Å². The van der Waals surface area contributed by atoms with Crippen LogP contribution in [0.3, 0.4) is 0 Å². The molecule has 0 saturated carbocycles. The summed E-state index contributed by atoms with van der Waals surface area (Å²) in [5.74, 6) is -0.600. The third-order valence-electron chi connectivity index (χ3n) is 4.71. The maximum Gasteiger partial charge on any atom is 0.433 e. The van der Waals surface area contributed by atoms with Crippen LogP contribution in [-0.4, -0.2) is 21.6 Å². The lowest BCUT2D eigenvalue weighted by Gasteiger charge is -2.22. The van der Waals surface area contributed by atoms with Gasteiger partial charge in [-0.15, -0.1) is 0 Å². The number of thioether (sulfide) groups is 1. The third-order valence-corrected chi connectivity index (χ3v) is 6.29. The zero-order valence-corrected chi connectivity index (χ0v) is 18.1. The van der Waals surface area contributed by atoms with Crippen molar-refractivity contribution >= 4 is 46.6 Å². The number of amides is 1. The van der Waals surface area contributed by atoms with Crippen molar-refractivity contribution in [3.05, 3.63) is 69.3 Å². The molecule has 160 valence electrons. The lowest BCUT2D eigenvalue weighted by Crippen LogP contribution is -2.19. The number of aromatic nitrogens is 2. The van der Waals surface area contributed by atoms with E-state index in [2.05, 4.69) is 15.3 Å². The van der Waals surface area contributed by atoms with E-state index in [4.69, 9.17) is 23.2 Å². The molecule has 0 spiro atoms. The van der Waals surface area contributed by atoms with Crippen LogP contribution < -0.4 is 5.32 Å². The van der Waals surface area contributed by atoms with E-state index in [1.54, 1.807) is 18.2 Å². The minimum Gasteiger partial charge on any atom is -0.325 e. The van der Waals surface area contributed by atoms with E-state index < -0.39 is 17.8 Å². The van der Waals surface area contributed by atoms with Crippen LogP contribution in [0.15, 0.2) is 47.6 Å². The summed E-state index contributed by atoms with van der Waals surface area (Å²) in [5.41, 5.74) is 1.46. The Labute approximate surface area is 190 Å². The number of hydrogen-bond acceptors (Lipinski definition) is 4. The monoisotopic (exact) mass is 483 g/mol. The molecule has 31 heavy (non-hydrogen) atoms. The van der Waals surface area contributed by atoms with Gasteiger partial charge in [0.2, 0.25) is 5.91 Å². The first-order valence-electron chi connectivity index (χ1n) is 9.16. The molecule has 1 aliphatic carbocycles. The summed E-state index contributed by atoms with van der Waals surface area (Å²) >= 11 is 12.6. The normalized spacial score (nSPS) is 12.8. The molecule has 4 rings (SSSR count). The van der Waals surface area contributed by atoms with Gasteiger partial charge in [0.1, 0.15) is 0 Å². The molecule has 1 aromatic heterocycles. The smallest absolute Gasteiger partial charge is 0.325 e. The highest BCUT2D eigenvalue weighted by Crippen LogP contribution is 2.40. The quantitative estimate of drug-likeness (QED) is 0.349. The lowest BCUT2D eigenvalue weighted by molar-refractivity contribution is -0.142. The predicted molar refractivity (Wildman–Crippen MR) is 116 cm³/mol. The molecule has 0 radical (unpaired) electrons. The molecule has 1 N–H and O–H groups in total. The Morgan fingerprint density at radius 2 is 1.84 bits per heavy atom. The number of carbonyl (C=O) groups is 1. The zero-order chi connectivity index (χ0) is 22.2. The van der Waals surface area contributed by atoms with Gasteiger partial charge in [-0.25, -0.2) is 9.97 Å². The first kappa shape index (κ1) is 21.9. The van der Waals surface area contributed by atoms with Crippen LogP contribution in [0.4, 0.5) is 18.9 Å². The zero-order valence-electron chi connectivity index (χ0n) is 15.8. The van der Waals surface area contributed by atoms with Gasteiger partial charge in [-0.3, -0.25) is 4.79 Å². The average Bonchev–Trinajstić information content (AvgIpc) is 2.73. The van der Waals surface area contributed by atoms with Crippen molar-refractivity contribution in [1.29, 1.82) is 0 Å². The molecule has 1 amide bonds. The maximum atomic E-state index is 13.7. The van der Waals surface area contributed by atoms with E-state index in [1.165, 1.54) is 12.1 Å². The molecule has 0 atom stereocenters. The summed E-state index contributed by atoms with van der Waals surface area (Å²) in [6.07, 6.45) is -3.91. The second-order valence-electron chi connectivity index (χ2n) is 6.80. The minimum atomic E-state index is -4.61. The average molecular weight is 484 g/mol. The topological polar surface area (TPSA) is 54.9 Å². The number of aryl methyl sites for hydroxylation is 1. The first-order valence-corrected chi connectivity index (χ1v) is 10.9.